The van der Waals surface area contributed by atoms with Crippen LogP contribution in [-0.2, 0) is 0 Å². The van der Waals surface area contributed by atoms with E-state index in [1.54, 1.807) is 0 Å². The first-order valence-corrected chi connectivity index (χ1v) is 5.50. The zero-order chi connectivity index (χ0) is 11.7. The van der Waals surface area contributed by atoms with Crippen LogP contribution in [-0.4, -0.2) is 4.98 Å². The standard InChI is InChI=1S/C12H15N.C2H6/c1-4-7-12-11(10(3)5-2)8-6-9-13-12;1-2/h4-9H,1-3H3;1-2H3/b7-4-,10-5-;. The SMILES string of the molecule is C/C=C\c1ncccc1/C(C)=C\C.CC. The van der Waals surface area contributed by atoms with E-state index in [0.717, 1.165) is 5.69 Å². The minimum atomic E-state index is 1.04. The zero-order valence-corrected chi connectivity index (χ0v) is 10.4. The van der Waals surface area contributed by atoms with Gasteiger partial charge in [0.15, 0.2) is 0 Å². The molecule has 0 aliphatic rings. The van der Waals surface area contributed by atoms with Gasteiger partial charge in [0.25, 0.3) is 0 Å². The van der Waals surface area contributed by atoms with Crippen LogP contribution in [0.4, 0.5) is 0 Å². The maximum atomic E-state index is 4.31. The van der Waals surface area contributed by atoms with Crippen LogP contribution in [0.3, 0.4) is 0 Å². The molecule has 1 aromatic heterocycles. The van der Waals surface area contributed by atoms with Gasteiger partial charge in [-0.15, -0.1) is 0 Å². The van der Waals surface area contributed by atoms with Crippen molar-refractivity contribution in [2.45, 2.75) is 34.6 Å². The van der Waals surface area contributed by atoms with Crippen LogP contribution in [0.1, 0.15) is 45.9 Å². The molecule has 0 spiro atoms. The average molecular weight is 203 g/mol. The highest BCUT2D eigenvalue weighted by atomic mass is 14.7. The fraction of sp³-hybridized carbons (Fsp3) is 0.357. The lowest BCUT2D eigenvalue weighted by Gasteiger charge is -2.03. The van der Waals surface area contributed by atoms with E-state index in [9.17, 15) is 0 Å². The van der Waals surface area contributed by atoms with Crippen LogP contribution in [0.25, 0.3) is 11.6 Å². The molecule has 15 heavy (non-hydrogen) atoms. The van der Waals surface area contributed by atoms with E-state index in [1.165, 1.54) is 11.1 Å². The van der Waals surface area contributed by atoms with E-state index in [4.69, 9.17) is 0 Å². The van der Waals surface area contributed by atoms with Gasteiger partial charge in [0, 0.05) is 11.8 Å². The molecule has 0 aromatic carbocycles. The second-order valence-electron chi connectivity index (χ2n) is 2.91. The van der Waals surface area contributed by atoms with Crippen molar-refractivity contribution in [2.75, 3.05) is 0 Å². The second kappa shape index (κ2) is 7.98. The maximum absolute atomic E-state index is 4.31. The van der Waals surface area contributed by atoms with Gasteiger partial charge in [-0.3, -0.25) is 4.98 Å². The summed E-state index contributed by atoms with van der Waals surface area (Å²) in [6, 6.07) is 4.06. The highest BCUT2D eigenvalue weighted by Gasteiger charge is 1.99. The van der Waals surface area contributed by atoms with E-state index < -0.39 is 0 Å². The number of pyridine rings is 1. The smallest absolute Gasteiger partial charge is 0.0701 e. The fourth-order valence-corrected chi connectivity index (χ4v) is 1.20. The molecule has 0 aliphatic carbocycles. The lowest BCUT2D eigenvalue weighted by molar-refractivity contribution is 1.27. The van der Waals surface area contributed by atoms with Gasteiger partial charge >= 0.3 is 0 Å². The molecular weight excluding hydrogens is 182 g/mol. The Hall–Kier alpha value is -1.37. The molecule has 0 saturated heterocycles. The summed E-state index contributed by atoms with van der Waals surface area (Å²) in [6.45, 7) is 10.1. The third-order valence-corrected chi connectivity index (χ3v) is 2.02. The molecule has 0 fully saturated rings. The molecule has 1 rings (SSSR count). The van der Waals surface area contributed by atoms with Crippen molar-refractivity contribution < 1.29 is 0 Å². The van der Waals surface area contributed by atoms with Gasteiger partial charge in [-0.25, -0.2) is 0 Å². The number of aromatic nitrogens is 1. The maximum Gasteiger partial charge on any atom is 0.0701 e. The lowest BCUT2D eigenvalue weighted by Crippen LogP contribution is -1.88. The van der Waals surface area contributed by atoms with Gasteiger partial charge in [-0.2, -0.15) is 0 Å². The van der Waals surface area contributed by atoms with Gasteiger partial charge in [0.2, 0.25) is 0 Å². The Kier molecular flexibility index (Phi) is 7.25. The number of hydrogen-bond acceptors (Lipinski definition) is 1. The molecule has 0 saturated carbocycles. The summed E-state index contributed by atoms with van der Waals surface area (Å²) >= 11 is 0. The molecule has 1 aromatic rings. The van der Waals surface area contributed by atoms with Crippen LogP contribution in [0.15, 0.2) is 30.5 Å². The molecule has 82 valence electrons. The molecule has 1 heterocycles. The van der Waals surface area contributed by atoms with Crippen molar-refractivity contribution in [3.05, 3.63) is 41.7 Å². The molecule has 1 nitrogen and oxygen atoms in total. The largest absolute Gasteiger partial charge is 0.256 e. The lowest BCUT2D eigenvalue weighted by atomic mass is 10.1. The summed E-state index contributed by atoms with van der Waals surface area (Å²) in [4.78, 5) is 4.31. The van der Waals surface area contributed by atoms with Crippen molar-refractivity contribution in [1.82, 2.24) is 4.98 Å². The predicted octanol–water partition coefficient (Wildman–Crippen LogP) is 4.56. The van der Waals surface area contributed by atoms with Gasteiger partial charge in [0.1, 0.15) is 0 Å². The Labute approximate surface area is 93.6 Å². The highest BCUT2D eigenvalue weighted by molar-refractivity contribution is 5.70. The monoisotopic (exact) mass is 203 g/mol. The van der Waals surface area contributed by atoms with Crippen LogP contribution < -0.4 is 0 Å². The van der Waals surface area contributed by atoms with Crippen molar-refractivity contribution in [1.29, 1.82) is 0 Å². The minimum Gasteiger partial charge on any atom is -0.256 e. The number of rotatable bonds is 2. The van der Waals surface area contributed by atoms with E-state index in [-0.39, 0.29) is 0 Å². The van der Waals surface area contributed by atoms with Gasteiger partial charge in [0.05, 0.1) is 5.69 Å². The van der Waals surface area contributed by atoms with Gasteiger partial charge in [-0.05, 0) is 38.5 Å². The van der Waals surface area contributed by atoms with Crippen LogP contribution in [0.2, 0.25) is 0 Å². The summed E-state index contributed by atoms with van der Waals surface area (Å²) in [5.41, 5.74) is 3.52. The van der Waals surface area contributed by atoms with E-state index >= 15 is 0 Å². The van der Waals surface area contributed by atoms with Crippen LogP contribution >= 0.6 is 0 Å². The van der Waals surface area contributed by atoms with E-state index in [1.807, 2.05) is 52.1 Å². The first kappa shape index (κ1) is 13.6. The number of nitrogens with zero attached hydrogens (tertiary/aromatic N) is 1. The Morgan fingerprint density at radius 3 is 2.47 bits per heavy atom. The summed E-state index contributed by atoms with van der Waals surface area (Å²) in [6.07, 6.45) is 7.96. The molecule has 0 atom stereocenters. The molecule has 0 radical (unpaired) electrons. The second-order valence-corrected chi connectivity index (χ2v) is 2.91. The van der Waals surface area contributed by atoms with Gasteiger partial charge in [-0.1, -0.05) is 32.1 Å². The summed E-state index contributed by atoms with van der Waals surface area (Å²) < 4.78 is 0. The number of hydrogen-bond donors (Lipinski definition) is 0. The topological polar surface area (TPSA) is 12.9 Å². The van der Waals surface area contributed by atoms with E-state index in [2.05, 4.69) is 24.1 Å². The van der Waals surface area contributed by atoms with Crippen molar-refractivity contribution in [3.63, 3.8) is 0 Å². The Morgan fingerprint density at radius 1 is 1.27 bits per heavy atom. The third-order valence-electron chi connectivity index (χ3n) is 2.02. The van der Waals surface area contributed by atoms with Gasteiger partial charge < -0.3 is 0 Å². The molecule has 0 aliphatic heterocycles. The average Bonchev–Trinajstić information content (AvgIpc) is 2.32. The molecule has 0 unspecified atom stereocenters. The Bertz CT molecular complexity index is 335. The first-order valence-electron chi connectivity index (χ1n) is 5.50. The summed E-state index contributed by atoms with van der Waals surface area (Å²) in [7, 11) is 0. The predicted molar refractivity (Wildman–Crippen MR) is 69.6 cm³/mol. The highest BCUT2D eigenvalue weighted by Crippen LogP contribution is 2.17. The molecular formula is C14H21N. The molecule has 0 amide bonds. The summed E-state index contributed by atoms with van der Waals surface area (Å²) in [5, 5.41) is 0. The summed E-state index contributed by atoms with van der Waals surface area (Å²) in [5.74, 6) is 0. The first-order chi connectivity index (χ1) is 7.29. The zero-order valence-electron chi connectivity index (χ0n) is 10.4. The Morgan fingerprint density at radius 2 is 1.93 bits per heavy atom. The van der Waals surface area contributed by atoms with Crippen LogP contribution in [0, 0.1) is 0 Å². The van der Waals surface area contributed by atoms with E-state index in [0.29, 0.717) is 0 Å². The molecule has 0 N–H and O–H groups in total. The normalized spacial score (nSPS) is 11.1. The Balaban J connectivity index is 0.000000921. The van der Waals surface area contributed by atoms with Crippen LogP contribution in [0.5, 0.6) is 0 Å². The fourth-order valence-electron chi connectivity index (χ4n) is 1.20. The quantitative estimate of drug-likeness (QED) is 0.686. The molecule has 1 heteroatoms. The van der Waals surface area contributed by atoms with Crippen molar-refractivity contribution in [3.8, 4) is 0 Å². The number of allylic oxidation sites excluding steroid dienone is 3. The third kappa shape index (κ3) is 4.11. The van der Waals surface area contributed by atoms with Crippen molar-refractivity contribution in [2.24, 2.45) is 0 Å². The van der Waals surface area contributed by atoms with Crippen molar-refractivity contribution >= 4 is 11.6 Å². The minimum absolute atomic E-state index is 1.04. The molecule has 0 bridgehead atoms.